The van der Waals surface area contributed by atoms with E-state index in [0.29, 0.717) is 5.92 Å². The first-order chi connectivity index (χ1) is 10.1. The second kappa shape index (κ2) is 7.77. The van der Waals surface area contributed by atoms with Crippen LogP contribution in [0.25, 0.3) is 0 Å². The number of rotatable bonds is 6. The Labute approximate surface area is 136 Å². The fraction of sp³-hybridized carbons (Fsp3) is 0.368. The molecule has 0 saturated heterocycles. The van der Waals surface area contributed by atoms with Gasteiger partial charge in [0.1, 0.15) is 0 Å². The number of aryl methyl sites for hydroxylation is 2. The summed E-state index contributed by atoms with van der Waals surface area (Å²) in [5.74, 6) is 0.606. The molecule has 21 heavy (non-hydrogen) atoms. The topological polar surface area (TPSA) is 12.0 Å². The van der Waals surface area contributed by atoms with E-state index < -0.39 is 0 Å². The van der Waals surface area contributed by atoms with Crippen LogP contribution < -0.4 is 5.32 Å². The van der Waals surface area contributed by atoms with E-state index in [1.165, 1.54) is 26.7 Å². The van der Waals surface area contributed by atoms with Gasteiger partial charge in [-0.1, -0.05) is 57.9 Å². The minimum atomic E-state index is 0.606. The van der Waals surface area contributed by atoms with Crippen LogP contribution in [0, 0.1) is 19.8 Å². The van der Waals surface area contributed by atoms with Crippen molar-refractivity contribution in [2.24, 2.45) is 5.92 Å². The highest BCUT2D eigenvalue weighted by Gasteiger charge is 2.13. The molecule has 0 aromatic heterocycles. The molecule has 0 radical (unpaired) electrons. The number of hydrogen-bond acceptors (Lipinski definition) is 1. The fourth-order valence-corrected chi connectivity index (χ4v) is 3.26. The van der Waals surface area contributed by atoms with Gasteiger partial charge in [0.25, 0.3) is 0 Å². The lowest BCUT2D eigenvalue weighted by atomic mass is 9.90. The van der Waals surface area contributed by atoms with Crippen molar-refractivity contribution < 1.29 is 0 Å². The highest BCUT2D eigenvalue weighted by Crippen LogP contribution is 2.23. The summed E-state index contributed by atoms with van der Waals surface area (Å²) in [7, 11) is 2.04. The van der Waals surface area contributed by atoms with Crippen LogP contribution in [0.4, 0.5) is 0 Å². The number of nitrogens with one attached hydrogen (secondary N) is 1. The average molecular weight is 346 g/mol. The van der Waals surface area contributed by atoms with E-state index in [-0.39, 0.29) is 0 Å². The molecule has 112 valence electrons. The molecule has 0 aliphatic carbocycles. The monoisotopic (exact) mass is 345 g/mol. The maximum atomic E-state index is 3.67. The lowest BCUT2D eigenvalue weighted by Gasteiger charge is -2.19. The van der Waals surface area contributed by atoms with Crippen LogP contribution in [0.15, 0.2) is 46.9 Å². The highest BCUT2D eigenvalue weighted by molar-refractivity contribution is 9.10. The highest BCUT2D eigenvalue weighted by atomic mass is 79.9. The molecule has 0 spiro atoms. The third kappa shape index (κ3) is 4.69. The Hall–Kier alpha value is -1.12. The molecule has 1 nitrogen and oxygen atoms in total. The zero-order chi connectivity index (χ0) is 15.2. The van der Waals surface area contributed by atoms with E-state index in [4.69, 9.17) is 0 Å². The summed E-state index contributed by atoms with van der Waals surface area (Å²) in [6.07, 6.45) is 2.21. The second-order valence-corrected chi connectivity index (χ2v) is 6.71. The van der Waals surface area contributed by atoms with Gasteiger partial charge in [0.2, 0.25) is 0 Å². The second-order valence-electron chi connectivity index (χ2n) is 5.85. The molecule has 2 aromatic rings. The molecule has 1 N–H and O–H groups in total. The smallest absolute Gasteiger partial charge is 0.0207 e. The molecule has 2 heteroatoms. The van der Waals surface area contributed by atoms with Crippen LogP contribution in [-0.2, 0) is 12.8 Å². The van der Waals surface area contributed by atoms with Crippen molar-refractivity contribution >= 4 is 15.9 Å². The Balaban J connectivity index is 2.16. The van der Waals surface area contributed by atoms with Gasteiger partial charge in [-0.3, -0.25) is 0 Å². The van der Waals surface area contributed by atoms with Crippen LogP contribution >= 0.6 is 15.9 Å². The normalized spacial score (nSPS) is 12.4. The van der Waals surface area contributed by atoms with Gasteiger partial charge in [-0.2, -0.15) is 0 Å². The van der Waals surface area contributed by atoms with Crippen LogP contribution in [0.5, 0.6) is 0 Å². The van der Waals surface area contributed by atoms with Gasteiger partial charge >= 0.3 is 0 Å². The molecule has 0 aliphatic heterocycles. The number of benzene rings is 2. The maximum Gasteiger partial charge on any atom is 0.0207 e. The Morgan fingerprint density at radius 1 is 1.00 bits per heavy atom. The Morgan fingerprint density at radius 3 is 2.43 bits per heavy atom. The fourth-order valence-electron chi connectivity index (χ4n) is 2.81. The first-order valence-corrected chi connectivity index (χ1v) is 8.33. The lowest BCUT2D eigenvalue weighted by molar-refractivity contribution is 0.491. The summed E-state index contributed by atoms with van der Waals surface area (Å²) in [6, 6.07) is 15.3. The molecular weight excluding hydrogens is 322 g/mol. The van der Waals surface area contributed by atoms with Crippen molar-refractivity contribution in [3.05, 3.63) is 69.2 Å². The molecule has 0 bridgehead atoms. The van der Waals surface area contributed by atoms with Gasteiger partial charge in [0.15, 0.2) is 0 Å². The van der Waals surface area contributed by atoms with Crippen LogP contribution in [0.2, 0.25) is 0 Å². The summed E-state index contributed by atoms with van der Waals surface area (Å²) in [4.78, 5) is 0. The van der Waals surface area contributed by atoms with Crippen molar-refractivity contribution in [2.75, 3.05) is 13.6 Å². The maximum absolute atomic E-state index is 3.67. The molecule has 2 rings (SSSR count). The van der Waals surface area contributed by atoms with Gasteiger partial charge in [-0.05, 0) is 69.0 Å². The minimum Gasteiger partial charge on any atom is -0.319 e. The molecule has 0 saturated carbocycles. The average Bonchev–Trinajstić information content (AvgIpc) is 2.45. The molecule has 2 aromatic carbocycles. The Kier molecular flexibility index (Phi) is 6.01. The molecule has 1 unspecified atom stereocenters. The summed E-state index contributed by atoms with van der Waals surface area (Å²) in [6.45, 7) is 5.42. The van der Waals surface area contributed by atoms with E-state index >= 15 is 0 Å². The standard InChI is InChI=1S/C19H24BrN/c1-14-8-9-15(2)18(10-14)12-16(13-21-3)11-17-6-4-5-7-19(17)20/h4-10,16,21H,11-13H2,1-3H3. The van der Waals surface area contributed by atoms with Crippen molar-refractivity contribution in [1.29, 1.82) is 0 Å². The van der Waals surface area contributed by atoms with Gasteiger partial charge in [0.05, 0.1) is 0 Å². The number of halogens is 1. The predicted molar refractivity (Wildman–Crippen MR) is 94.9 cm³/mol. The summed E-state index contributed by atoms with van der Waals surface area (Å²) in [5.41, 5.74) is 5.61. The van der Waals surface area contributed by atoms with Crippen LogP contribution in [0.3, 0.4) is 0 Å². The molecular formula is C19H24BrN. The first kappa shape index (κ1) is 16.3. The van der Waals surface area contributed by atoms with Gasteiger partial charge < -0.3 is 5.32 Å². The largest absolute Gasteiger partial charge is 0.319 e. The van der Waals surface area contributed by atoms with E-state index in [0.717, 1.165) is 19.4 Å². The predicted octanol–water partition coefficient (Wildman–Crippen LogP) is 4.69. The third-order valence-electron chi connectivity index (χ3n) is 3.97. The van der Waals surface area contributed by atoms with Crippen LogP contribution in [-0.4, -0.2) is 13.6 Å². The Bertz CT molecular complexity index is 592. The first-order valence-electron chi connectivity index (χ1n) is 7.54. The van der Waals surface area contributed by atoms with E-state index in [2.05, 4.69) is 77.6 Å². The quantitative estimate of drug-likeness (QED) is 0.800. The van der Waals surface area contributed by atoms with Crippen molar-refractivity contribution in [3.8, 4) is 0 Å². The van der Waals surface area contributed by atoms with Crippen molar-refractivity contribution in [1.82, 2.24) is 5.32 Å². The lowest BCUT2D eigenvalue weighted by Crippen LogP contribution is -2.23. The SMILES string of the molecule is CNCC(Cc1cc(C)ccc1C)Cc1ccccc1Br. The van der Waals surface area contributed by atoms with Gasteiger partial charge in [0, 0.05) is 4.47 Å². The molecule has 0 aliphatic rings. The molecule has 1 atom stereocenters. The summed E-state index contributed by atoms with van der Waals surface area (Å²) < 4.78 is 1.21. The summed E-state index contributed by atoms with van der Waals surface area (Å²) in [5, 5.41) is 3.35. The minimum absolute atomic E-state index is 0.606. The van der Waals surface area contributed by atoms with E-state index in [9.17, 15) is 0 Å². The van der Waals surface area contributed by atoms with Crippen molar-refractivity contribution in [3.63, 3.8) is 0 Å². The van der Waals surface area contributed by atoms with E-state index in [1.54, 1.807) is 0 Å². The Morgan fingerprint density at radius 2 is 1.71 bits per heavy atom. The third-order valence-corrected chi connectivity index (χ3v) is 4.75. The molecule has 0 heterocycles. The zero-order valence-corrected chi connectivity index (χ0v) is 14.7. The molecule has 0 amide bonds. The van der Waals surface area contributed by atoms with Crippen LogP contribution in [0.1, 0.15) is 22.3 Å². The van der Waals surface area contributed by atoms with Crippen molar-refractivity contribution in [2.45, 2.75) is 26.7 Å². The van der Waals surface area contributed by atoms with E-state index in [1.807, 2.05) is 7.05 Å². The van der Waals surface area contributed by atoms with Gasteiger partial charge in [-0.15, -0.1) is 0 Å². The summed E-state index contributed by atoms with van der Waals surface area (Å²) >= 11 is 3.67. The zero-order valence-electron chi connectivity index (χ0n) is 13.1. The molecule has 0 fully saturated rings. The number of hydrogen-bond donors (Lipinski definition) is 1. The van der Waals surface area contributed by atoms with Gasteiger partial charge in [-0.25, -0.2) is 0 Å².